The Labute approximate surface area is 123 Å². The third kappa shape index (κ3) is 3.36. The van der Waals surface area contributed by atoms with Crippen LogP contribution in [0.3, 0.4) is 0 Å². The molecule has 0 spiro atoms. The Bertz CT molecular complexity index is 712. The molecule has 104 valence electrons. The van der Waals surface area contributed by atoms with Gasteiger partial charge in [-0.3, -0.25) is 4.98 Å². The summed E-state index contributed by atoms with van der Waals surface area (Å²) in [7, 11) is 0. The van der Waals surface area contributed by atoms with E-state index in [4.69, 9.17) is 10.5 Å². The lowest BCUT2D eigenvalue weighted by atomic mass is 10.1. The number of ether oxygens (including phenoxy) is 1. The maximum atomic E-state index is 5.81. The van der Waals surface area contributed by atoms with Crippen molar-refractivity contribution in [2.24, 2.45) is 0 Å². The smallest absolute Gasteiger partial charge is 0.141 e. The first-order chi connectivity index (χ1) is 10.3. The zero-order valence-corrected chi connectivity index (χ0v) is 11.4. The minimum atomic E-state index is 0.412. The highest BCUT2D eigenvalue weighted by Gasteiger charge is 2.02. The number of hydrogen-bond acceptors (Lipinski definition) is 4. The van der Waals surface area contributed by atoms with Crippen molar-refractivity contribution in [1.29, 1.82) is 0 Å². The third-order valence-corrected chi connectivity index (χ3v) is 3.05. The van der Waals surface area contributed by atoms with Crippen LogP contribution in [0.2, 0.25) is 0 Å². The zero-order chi connectivity index (χ0) is 14.5. The largest absolute Gasteiger partial charge is 0.489 e. The van der Waals surface area contributed by atoms with E-state index in [1.54, 1.807) is 12.4 Å². The van der Waals surface area contributed by atoms with E-state index in [0.717, 1.165) is 22.6 Å². The van der Waals surface area contributed by atoms with Crippen molar-refractivity contribution in [2.45, 2.75) is 6.61 Å². The number of nitrogens with two attached hydrogens (primary N) is 1. The summed E-state index contributed by atoms with van der Waals surface area (Å²) in [5.74, 6) is 1.21. The summed E-state index contributed by atoms with van der Waals surface area (Å²) in [5.41, 5.74) is 8.41. The number of nitrogens with zero attached hydrogens (tertiary/aromatic N) is 2. The standard InChI is InChI=1S/C17H15N3O/c18-17-11-19-16(10-20-17)14-7-4-8-15(9-14)21-12-13-5-2-1-3-6-13/h1-11H,12H2,(H2,18,20). The van der Waals surface area contributed by atoms with Crippen LogP contribution in [0.1, 0.15) is 5.56 Å². The molecule has 0 aliphatic rings. The van der Waals surface area contributed by atoms with Crippen LogP contribution in [-0.4, -0.2) is 9.97 Å². The lowest BCUT2D eigenvalue weighted by Gasteiger charge is -2.08. The van der Waals surface area contributed by atoms with Gasteiger partial charge in [0.2, 0.25) is 0 Å². The minimum absolute atomic E-state index is 0.412. The van der Waals surface area contributed by atoms with Crippen molar-refractivity contribution in [3.05, 3.63) is 72.6 Å². The summed E-state index contributed by atoms with van der Waals surface area (Å²) < 4.78 is 5.81. The van der Waals surface area contributed by atoms with Crippen LogP contribution in [0.15, 0.2) is 67.0 Å². The maximum Gasteiger partial charge on any atom is 0.141 e. The molecule has 0 saturated carbocycles. The first kappa shape index (κ1) is 13.1. The van der Waals surface area contributed by atoms with E-state index < -0.39 is 0 Å². The fraction of sp³-hybridized carbons (Fsp3) is 0.0588. The predicted molar refractivity (Wildman–Crippen MR) is 82.7 cm³/mol. The molecule has 0 saturated heterocycles. The van der Waals surface area contributed by atoms with Gasteiger partial charge in [0, 0.05) is 5.56 Å². The second-order valence-corrected chi connectivity index (χ2v) is 4.63. The maximum absolute atomic E-state index is 5.81. The topological polar surface area (TPSA) is 61.0 Å². The van der Waals surface area contributed by atoms with Crippen molar-refractivity contribution < 1.29 is 4.74 Å². The van der Waals surface area contributed by atoms with Crippen molar-refractivity contribution >= 4 is 5.82 Å². The molecule has 0 bridgehead atoms. The van der Waals surface area contributed by atoms with Crippen molar-refractivity contribution in [1.82, 2.24) is 9.97 Å². The van der Waals surface area contributed by atoms with Gasteiger partial charge in [0.25, 0.3) is 0 Å². The third-order valence-electron chi connectivity index (χ3n) is 3.05. The number of hydrogen-bond donors (Lipinski definition) is 1. The highest BCUT2D eigenvalue weighted by molar-refractivity contribution is 5.60. The van der Waals surface area contributed by atoms with Crippen LogP contribution in [0, 0.1) is 0 Å². The fourth-order valence-electron chi connectivity index (χ4n) is 1.97. The average Bonchev–Trinajstić information content (AvgIpc) is 2.55. The van der Waals surface area contributed by atoms with Crippen LogP contribution in [0.25, 0.3) is 11.3 Å². The summed E-state index contributed by atoms with van der Waals surface area (Å²) in [6.07, 6.45) is 3.21. The number of anilines is 1. The molecule has 0 radical (unpaired) electrons. The molecule has 0 unspecified atom stereocenters. The van der Waals surface area contributed by atoms with Crippen molar-refractivity contribution in [3.8, 4) is 17.0 Å². The van der Waals surface area contributed by atoms with E-state index >= 15 is 0 Å². The van der Waals surface area contributed by atoms with Gasteiger partial charge in [-0.1, -0.05) is 42.5 Å². The van der Waals surface area contributed by atoms with Gasteiger partial charge in [0.15, 0.2) is 0 Å². The van der Waals surface area contributed by atoms with E-state index in [0.29, 0.717) is 12.4 Å². The summed E-state index contributed by atoms with van der Waals surface area (Å²) in [6, 6.07) is 17.8. The highest BCUT2D eigenvalue weighted by atomic mass is 16.5. The van der Waals surface area contributed by atoms with Gasteiger partial charge in [-0.2, -0.15) is 0 Å². The molecule has 2 N–H and O–H groups in total. The number of aromatic nitrogens is 2. The molecule has 0 fully saturated rings. The lowest BCUT2D eigenvalue weighted by Crippen LogP contribution is -1.96. The second kappa shape index (κ2) is 6.05. The van der Waals surface area contributed by atoms with Crippen molar-refractivity contribution in [2.75, 3.05) is 5.73 Å². The zero-order valence-electron chi connectivity index (χ0n) is 11.4. The Morgan fingerprint density at radius 3 is 2.52 bits per heavy atom. The summed E-state index contributed by atoms with van der Waals surface area (Å²) in [4.78, 5) is 8.32. The fourth-order valence-corrected chi connectivity index (χ4v) is 1.97. The summed E-state index contributed by atoms with van der Waals surface area (Å²) in [5, 5.41) is 0. The lowest BCUT2D eigenvalue weighted by molar-refractivity contribution is 0.306. The molecule has 2 aromatic carbocycles. The molecule has 4 nitrogen and oxygen atoms in total. The van der Waals surface area contributed by atoms with Crippen LogP contribution >= 0.6 is 0 Å². The van der Waals surface area contributed by atoms with Gasteiger partial charge in [-0.15, -0.1) is 0 Å². The van der Waals surface area contributed by atoms with E-state index in [-0.39, 0.29) is 0 Å². The second-order valence-electron chi connectivity index (χ2n) is 4.63. The Kier molecular flexibility index (Phi) is 3.78. The van der Waals surface area contributed by atoms with E-state index in [1.165, 1.54) is 0 Å². The molecule has 4 heteroatoms. The number of nitrogen functional groups attached to an aromatic ring is 1. The first-order valence-corrected chi connectivity index (χ1v) is 6.66. The quantitative estimate of drug-likeness (QED) is 0.794. The predicted octanol–water partition coefficient (Wildman–Crippen LogP) is 3.30. The van der Waals surface area contributed by atoms with Crippen LogP contribution in [0.5, 0.6) is 5.75 Å². The van der Waals surface area contributed by atoms with E-state index in [9.17, 15) is 0 Å². The minimum Gasteiger partial charge on any atom is -0.489 e. The Balaban J connectivity index is 1.75. The SMILES string of the molecule is Nc1cnc(-c2cccc(OCc3ccccc3)c2)cn1. The molecule has 0 amide bonds. The van der Waals surface area contributed by atoms with Crippen LogP contribution in [0.4, 0.5) is 5.82 Å². The van der Waals surface area contributed by atoms with Gasteiger partial charge in [0.1, 0.15) is 18.2 Å². The molecule has 3 aromatic rings. The molecule has 1 heterocycles. The van der Waals surface area contributed by atoms with Crippen LogP contribution < -0.4 is 10.5 Å². The first-order valence-electron chi connectivity index (χ1n) is 6.66. The van der Waals surface area contributed by atoms with Crippen molar-refractivity contribution in [3.63, 3.8) is 0 Å². The molecule has 0 aliphatic carbocycles. The van der Waals surface area contributed by atoms with Gasteiger partial charge < -0.3 is 10.5 Å². The van der Waals surface area contributed by atoms with Gasteiger partial charge >= 0.3 is 0 Å². The molecule has 1 aromatic heterocycles. The van der Waals surface area contributed by atoms with E-state index in [2.05, 4.69) is 9.97 Å². The summed E-state index contributed by atoms with van der Waals surface area (Å²) >= 11 is 0. The Morgan fingerprint density at radius 1 is 0.905 bits per heavy atom. The average molecular weight is 277 g/mol. The summed E-state index contributed by atoms with van der Waals surface area (Å²) in [6.45, 7) is 0.539. The highest BCUT2D eigenvalue weighted by Crippen LogP contribution is 2.22. The molecular weight excluding hydrogens is 262 g/mol. The Morgan fingerprint density at radius 2 is 1.76 bits per heavy atom. The van der Waals surface area contributed by atoms with E-state index in [1.807, 2.05) is 54.6 Å². The molecule has 3 rings (SSSR count). The molecular formula is C17H15N3O. The van der Waals surface area contributed by atoms with Gasteiger partial charge in [-0.05, 0) is 17.7 Å². The van der Waals surface area contributed by atoms with Gasteiger partial charge in [0.05, 0.1) is 18.1 Å². The normalized spacial score (nSPS) is 10.3. The molecule has 0 atom stereocenters. The molecule has 21 heavy (non-hydrogen) atoms. The van der Waals surface area contributed by atoms with Crippen LogP contribution in [-0.2, 0) is 6.61 Å². The molecule has 0 aliphatic heterocycles. The number of rotatable bonds is 4. The number of benzene rings is 2. The Hall–Kier alpha value is -2.88. The van der Waals surface area contributed by atoms with Gasteiger partial charge in [-0.25, -0.2) is 4.98 Å². The monoisotopic (exact) mass is 277 g/mol.